The summed E-state index contributed by atoms with van der Waals surface area (Å²) >= 11 is 0. The first kappa shape index (κ1) is 19.8. The molecule has 2 N–H and O–H groups in total. The molecule has 0 unspecified atom stereocenters. The van der Waals surface area contributed by atoms with Crippen LogP contribution in [-0.4, -0.2) is 23.4 Å². The molecule has 0 radical (unpaired) electrons. The van der Waals surface area contributed by atoms with Crippen molar-refractivity contribution in [1.29, 1.82) is 0 Å². The van der Waals surface area contributed by atoms with Crippen molar-refractivity contribution in [2.75, 3.05) is 13.2 Å². The molecule has 1 aromatic heterocycles. The minimum absolute atomic E-state index is 0.0382. The van der Waals surface area contributed by atoms with Gasteiger partial charge in [-0.2, -0.15) is 0 Å². The summed E-state index contributed by atoms with van der Waals surface area (Å²) in [5.74, 6) is -0.0122. The second-order valence-electron chi connectivity index (χ2n) is 5.99. The summed E-state index contributed by atoms with van der Waals surface area (Å²) in [6.45, 7) is 2.55. The topological polar surface area (TPSA) is 89.1 Å². The Hall–Kier alpha value is -2.47. The molecule has 0 aliphatic rings. The zero-order valence-corrected chi connectivity index (χ0v) is 15.1. The molecule has 1 aromatic carbocycles. The van der Waals surface area contributed by atoms with Crippen molar-refractivity contribution in [1.82, 2.24) is 0 Å². The van der Waals surface area contributed by atoms with Crippen LogP contribution < -0.4 is 15.1 Å². The van der Waals surface area contributed by atoms with Gasteiger partial charge >= 0.3 is 5.63 Å². The monoisotopic (exact) mass is 362 g/mol. The quantitative estimate of drug-likeness (QED) is 0.355. The van der Waals surface area contributed by atoms with Crippen molar-refractivity contribution in [3.05, 3.63) is 41.0 Å². The molecule has 0 atom stereocenters. The van der Waals surface area contributed by atoms with Crippen LogP contribution in [0.2, 0.25) is 0 Å². The molecule has 2 aromatic rings. The van der Waals surface area contributed by atoms with Gasteiger partial charge in [0.2, 0.25) is 0 Å². The van der Waals surface area contributed by atoms with Crippen molar-refractivity contribution >= 4 is 11.0 Å². The van der Waals surface area contributed by atoms with Crippen molar-refractivity contribution in [3.63, 3.8) is 0 Å². The van der Waals surface area contributed by atoms with Gasteiger partial charge in [0.1, 0.15) is 11.3 Å². The Morgan fingerprint density at radius 2 is 2.04 bits per heavy atom. The second kappa shape index (κ2) is 10.5. The van der Waals surface area contributed by atoms with Gasteiger partial charge in [-0.1, -0.05) is 26.2 Å². The van der Waals surface area contributed by atoms with Gasteiger partial charge in [-0.25, -0.2) is 4.79 Å². The molecule has 0 aliphatic heterocycles. The van der Waals surface area contributed by atoms with E-state index in [2.05, 4.69) is 6.92 Å². The van der Waals surface area contributed by atoms with Crippen LogP contribution in [0.25, 0.3) is 11.0 Å². The van der Waals surface area contributed by atoms with Gasteiger partial charge in [-0.15, -0.1) is 0 Å². The highest BCUT2D eigenvalue weighted by Crippen LogP contribution is 2.33. The summed E-state index contributed by atoms with van der Waals surface area (Å²) in [4.78, 5) is 12.0. The van der Waals surface area contributed by atoms with Gasteiger partial charge in [0.25, 0.3) is 5.75 Å². The Labute approximate surface area is 152 Å². The molecular formula is C20H26O6. The van der Waals surface area contributed by atoms with Crippen molar-refractivity contribution in [2.45, 2.75) is 45.4 Å². The minimum atomic E-state index is -0.736. The fourth-order valence-electron chi connectivity index (χ4n) is 2.47. The van der Waals surface area contributed by atoms with Crippen LogP contribution in [0, 0.1) is 0 Å². The highest BCUT2D eigenvalue weighted by Gasteiger charge is 2.15. The van der Waals surface area contributed by atoms with Crippen LogP contribution in [0.5, 0.6) is 17.2 Å². The van der Waals surface area contributed by atoms with Gasteiger partial charge in [0.15, 0.2) is 5.75 Å². The van der Waals surface area contributed by atoms with Gasteiger partial charge in [-0.05, 0) is 37.1 Å². The van der Waals surface area contributed by atoms with E-state index in [0.717, 1.165) is 19.3 Å². The summed E-state index contributed by atoms with van der Waals surface area (Å²) in [7, 11) is 0. The normalized spacial score (nSPS) is 11.3. The van der Waals surface area contributed by atoms with E-state index in [-0.39, 0.29) is 23.7 Å². The molecule has 6 nitrogen and oxygen atoms in total. The maximum Gasteiger partial charge on any atom is 0.383 e. The molecule has 0 saturated heterocycles. The smallest absolute Gasteiger partial charge is 0.383 e. The van der Waals surface area contributed by atoms with Gasteiger partial charge < -0.3 is 24.1 Å². The summed E-state index contributed by atoms with van der Waals surface area (Å²) < 4.78 is 16.0. The van der Waals surface area contributed by atoms with Crippen molar-refractivity contribution < 1.29 is 24.1 Å². The standard InChI is InChI=1S/C20H26O6/c1-2-3-4-5-6-7-12-25-19-18(22)16-14-15(24-13-8-11-21)9-10-17(16)26-20(19)23/h7,9-10,12,14,21-22H,2-6,8,11,13H2,1H3. The molecule has 0 saturated carbocycles. The first-order chi connectivity index (χ1) is 12.7. The number of rotatable bonds is 11. The van der Waals surface area contributed by atoms with Gasteiger partial charge in [-0.3, -0.25) is 0 Å². The SMILES string of the molecule is CCCCCCC=COc1c(O)c2cc(OCCCO)ccc2oc1=O. The van der Waals surface area contributed by atoms with E-state index >= 15 is 0 Å². The molecule has 1 heterocycles. The number of aliphatic hydroxyl groups is 1. The molecule has 0 bridgehead atoms. The fraction of sp³-hybridized carbons (Fsp3) is 0.450. The van der Waals surface area contributed by atoms with E-state index in [1.165, 1.54) is 19.1 Å². The van der Waals surface area contributed by atoms with Crippen molar-refractivity contribution in [2.24, 2.45) is 0 Å². The van der Waals surface area contributed by atoms with E-state index < -0.39 is 5.63 Å². The molecule has 0 aliphatic carbocycles. The molecular weight excluding hydrogens is 336 g/mol. The van der Waals surface area contributed by atoms with Crippen LogP contribution in [0.3, 0.4) is 0 Å². The lowest BCUT2D eigenvalue weighted by molar-refractivity contribution is 0.233. The summed E-state index contributed by atoms with van der Waals surface area (Å²) in [5, 5.41) is 19.5. The molecule has 0 spiro atoms. The highest BCUT2D eigenvalue weighted by molar-refractivity contribution is 5.86. The van der Waals surface area contributed by atoms with Crippen molar-refractivity contribution in [3.8, 4) is 17.2 Å². The summed E-state index contributed by atoms with van der Waals surface area (Å²) in [5.41, 5.74) is -0.488. The van der Waals surface area contributed by atoms with Crippen LogP contribution in [0.15, 0.2) is 39.7 Å². The zero-order chi connectivity index (χ0) is 18.8. The Balaban J connectivity index is 2.10. The Bertz CT molecular complexity index is 778. The van der Waals surface area contributed by atoms with Gasteiger partial charge in [0.05, 0.1) is 18.3 Å². The number of fused-ring (bicyclic) bond motifs is 1. The average molecular weight is 362 g/mol. The van der Waals surface area contributed by atoms with Crippen LogP contribution in [0.4, 0.5) is 0 Å². The Kier molecular flexibility index (Phi) is 8.02. The minimum Gasteiger partial charge on any atom is -0.504 e. The third-order valence-electron chi connectivity index (χ3n) is 3.89. The Morgan fingerprint density at radius 3 is 2.81 bits per heavy atom. The van der Waals surface area contributed by atoms with E-state index in [1.807, 2.05) is 6.08 Å². The third-order valence-corrected chi connectivity index (χ3v) is 3.89. The van der Waals surface area contributed by atoms with Gasteiger partial charge in [0, 0.05) is 13.0 Å². The number of ether oxygens (including phenoxy) is 2. The average Bonchev–Trinajstić information content (AvgIpc) is 2.64. The first-order valence-electron chi connectivity index (χ1n) is 9.02. The lowest BCUT2D eigenvalue weighted by Gasteiger charge is -2.08. The predicted molar refractivity (Wildman–Crippen MR) is 99.9 cm³/mol. The van der Waals surface area contributed by atoms with E-state index in [9.17, 15) is 9.90 Å². The second-order valence-corrected chi connectivity index (χ2v) is 5.99. The van der Waals surface area contributed by atoms with E-state index in [1.54, 1.807) is 18.2 Å². The largest absolute Gasteiger partial charge is 0.504 e. The molecule has 6 heteroatoms. The van der Waals surface area contributed by atoms with E-state index in [4.69, 9.17) is 19.0 Å². The number of benzene rings is 1. The molecule has 0 fully saturated rings. The van der Waals surface area contributed by atoms with Crippen LogP contribution in [-0.2, 0) is 0 Å². The highest BCUT2D eigenvalue weighted by atomic mass is 16.5. The molecule has 2 rings (SSSR count). The summed E-state index contributed by atoms with van der Waals surface area (Å²) in [6, 6.07) is 4.77. The lowest BCUT2D eigenvalue weighted by atomic mass is 10.1. The van der Waals surface area contributed by atoms with Crippen LogP contribution >= 0.6 is 0 Å². The number of hydrogen-bond acceptors (Lipinski definition) is 6. The Morgan fingerprint density at radius 1 is 1.19 bits per heavy atom. The zero-order valence-electron chi connectivity index (χ0n) is 15.1. The maximum atomic E-state index is 12.0. The lowest BCUT2D eigenvalue weighted by Crippen LogP contribution is -2.04. The first-order valence-corrected chi connectivity index (χ1v) is 9.02. The molecule has 26 heavy (non-hydrogen) atoms. The molecule has 0 amide bonds. The fourth-order valence-corrected chi connectivity index (χ4v) is 2.47. The maximum absolute atomic E-state index is 12.0. The third kappa shape index (κ3) is 5.52. The number of unbranched alkanes of at least 4 members (excludes halogenated alkanes) is 4. The number of aliphatic hydroxyl groups excluding tert-OH is 1. The number of hydrogen-bond donors (Lipinski definition) is 2. The predicted octanol–water partition coefficient (Wildman–Crippen LogP) is 4.12. The number of allylic oxidation sites excluding steroid dienone is 1. The number of aromatic hydroxyl groups is 1. The van der Waals surface area contributed by atoms with E-state index in [0.29, 0.717) is 24.2 Å². The van der Waals surface area contributed by atoms with Crippen LogP contribution in [0.1, 0.15) is 45.4 Å². The molecule has 142 valence electrons. The summed E-state index contributed by atoms with van der Waals surface area (Å²) in [6.07, 6.45) is 9.18.